The van der Waals surface area contributed by atoms with Gasteiger partial charge in [-0.2, -0.15) is 13.5 Å². The third-order valence-corrected chi connectivity index (χ3v) is 4.27. The summed E-state index contributed by atoms with van der Waals surface area (Å²) in [5.41, 5.74) is 2.52. The summed E-state index contributed by atoms with van der Waals surface area (Å²) in [4.78, 5) is 2.32. The second-order valence-electron chi connectivity index (χ2n) is 4.69. The van der Waals surface area contributed by atoms with Crippen LogP contribution in [-0.4, -0.2) is 19.7 Å². The number of nitrogens with zero attached hydrogens (tertiary/aromatic N) is 1. The Morgan fingerprint density at radius 3 is 2.52 bits per heavy atom. The van der Waals surface area contributed by atoms with Gasteiger partial charge in [0.25, 0.3) is 10.0 Å². The van der Waals surface area contributed by atoms with E-state index in [0.717, 1.165) is 11.1 Å². The highest BCUT2D eigenvalue weighted by atomic mass is 32.2. The molecule has 0 aromatic heterocycles. The second-order valence-corrected chi connectivity index (χ2v) is 6.35. The van der Waals surface area contributed by atoms with Crippen molar-refractivity contribution in [2.45, 2.75) is 18.7 Å². The minimum atomic E-state index is -3.69. The molecule has 0 fully saturated rings. The molecule has 0 bridgehead atoms. The number of phenols is 1. The highest BCUT2D eigenvalue weighted by molar-refractivity contribution is 7.89. The van der Waals surface area contributed by atoms with Gasteiger partial charge >= 0.3 is 0 Å². The summed E-state index contributed by atoms with van der Waals surface area (Å²) in [6.07, 6.45) is 1.33. The number of sulfonamides is 1. The number of rotatable bonds is 4. The number of aryl methyl sites for hydroxylation is 2. The van der Waals surface area contributed by atoms with E-state index in [-0.39, 0.29) is 10.6 Å². The number of hydrogen-bond donors (Lipinski definition) is 2. The van der Waals surface area contributed by atoms with Crippen molar-refractivity contribution in [2.24, 2.45) is 5.10 Å². The number of hydrazone groups is 1. The van der Waals surface area contributed by atoms with Crippen LogP contribution in [0.5, 0.6) is 5.75 Å². The molecule has 0 heterocycles. The molecule has 0 amide bonds. The molecule has 2 aromatic rings. The molecule has 0 aliphatic rings. The van der Waals surface area contributed by atoms with Gasteiger partial charge in [0.1, 0.15) is 5.75 Å². The largest absolute Gasteiger partial charge is 0.508 e. The summed E-state index contributed by atoms with van der Waals surface area (Å²) in [7, 11) is -3.69. The Morgan fingerprint density at radius 1 is 1.10 bits per heavy atom. The van der Waals surface area contributed by atoms with Crippen LogP contribution in [0.2, 0.25) is 0 Å². The van der Waals surface area contributed by atoms with Crippen molar-refractivity contribution in [3.8, 4) is 5.75 Å². The van der Waals surface area contributed by atoms with Crippen LogP contribution in [0.1, 0.15) is 16.7 Å². The summed E-state index contributed by atoms with van der Waals surface area (Å²) >= 11 is 0. The van der Waals surface area contributed by atoms with Crippen LogP contribution >= 0.6 is 0 Å². The third kappa shape index (κ3) is 3.82. The van der Waals surface area contributed by atoms with E-state index in [4.69, 9.17) is 0 Å². The molecule has 6 heteroatoms. The molecule has 2 N–H and O–H groups in total. The first-order valence-electron chi connectivity index (χ1n) is 6.30. The highest BCUT2D eigenvalue weighted by Crippen LogP contribution is 2.14. The summed E-state index contributed by atoms with van der Waals surface area (Å²) in [6, 6.07) is 11.2. The van der Waals surface area contributed by atoms with Gasteiger partial charge in [-0.25, -0.2) is 4.83 Å². The average molecular weight is 304 g/mol. The number of phenolic OH excluding ortho intramolecular Hbond substituents is 1. The zero-order chi connectivity index (χ0) is 15.5. The fraction of sp³-hybridized carbons (Fsp3) is 0.133. The Kier molecular flexibility index (Phi) is 4.28. The zero-order valence-electron chi connectivity index (χ0n) is 11.7. The van der Waals surface area contributed by atoms with E-state index in [1.165, 1.54) is 24.4 Å². The summed E-state index contributed by atoms with van der Waals surface area (Å²) in [5.74, 6) is 0.0935. The van der Waals surface area contributed by atoms with Gasteiger partial charge in [-0.15, -0.1) is 0 Å². The lowest BCUT2D eigenvalue weighted by molar-refractivity contribution is 0.475. The first kappa shape index (κ1) is 15.1. The molecule has 2 aromatic carbocycles. The molecular weight excluding hydrogens is 288 g/mol. The lowest BCUT2D eigenvalue weighted by Gasteiger charge is -2.06. The topological polar surface area (TPSA) is 78.8 Å². The van der Waals surface area contributed by atoms with Gasteiger partial charge in [0.05, 0.1) is 11.1 Å². The smallest absolute Gasteiger partial charge is 0.276 e. The first-order chi connectivity index (χ1) is 9.88. The molecule has 0 saturated heterocycles. The molecule has 0 unspecified atom stereocenters. The van der Waals surface area contributed by atoms with Crippen LogP contribution in [0.25, 0.3) is 0 Å². The van der Waals surface area contributed by atoms with Crippen molar-refractivity contribution >= 4 is 16.2 Å². The molecule has 0 aliphatic heterocycles. The minimum Gasteiger partial charge on any atom is -0.508 e. The fourth-order valence-corrected chi connectivity index (χ4v) is 2.59. The van der Waals surface area contributed by atoms with Crippen molar-refractivity contribution in [1.29, 1.82) is 0 Å². The number of hydrogen-bond acceptors (Lipinski definition) is 4. The van der Waals surface area contributed by atoms with Gasteiger partial charge in [0.15, 0.2) is 0 Å². The van der Waals surface area contributed by atoms with E-state index >= 15 is 0 Å². The van der Waals surface area contributed by atoms with Gasteiger partial charge in [-0.05, 0) is 54.8 Å². The predicted molar refractivity (Wildman–Crippen MR) is 81.9 cm³/mol. The van der Waals surface area contributed by atoms with Crippen LogP contribution < -0.4 is 4.83 Å². The number of nitrogens with one attached hydrogen (secondary N) is 1. The predicted octanol–water partition coefficient (Wildman–Crippen LogP) is 2.32. The van der Waals surface area contributed by atoms with Crippen LogP contribution in [0.3, 0.4) is 0 Å². The van der Waals surface area contributed by atoms with Crippen LogP contribution in [-0.2, 0) is 10.0 Å². The third-order valence-electron chi connectivity index (χ3n) is 3.05. The second kappa shape index (κ2) is 5.97. The van der Waals surface area contributed by atoms with Gasteiger partial charge in [-0.3, -0.25) is 0 Å². The van der Waals surface area contributed by atoms with E-state index in [0.29, 0.717) is 5.56 Å². The maximum Gasteiger partial charge on any atom is 0.276 e. The van der Waals surface area contributed by atoms with Crippen molar-refractivity contribution in [1.82, 2.24) is 4.83 Å². The summed E-state index contributed by atoms with van der Waals surface area (Å²) < 4.78 is 24.2. The van der Waals surface area contributed by atoms with Crippen molar-refractivity contribution in [3.05, 3.63) is 59.2 Å². The Bertz CT molecular complexity index is 783. The zero-order valence-corrected chi connectivity index (χ0v) is 12.6. The molecule has 0 spiro atoms. The lowest BCUT2D eigenvalue weighted by Crippen LogP contribution is -2.18. The van der Waals surface area contributed by atoms with E-state index < -0.39 is 10.0 Å². The van der Waals surface area contributed by atoms with Gasteiger partial charge in [-0.1, -0.05) is 18.2 Å². The molecule has 110 valence electrons. The van der Waals surface area contributed by atoms with E-state index in [2.05, 4.69) is 9.93 Å². The van der Waals surface area contributed by atoms with Crippen molar-refractivity contribution in [3.63, 3.8) is 0 Å². The SMILES string of the molecule is Cc1ccc(S(=O)(=O)N/N=C/c2cccc(O)c2)cc1C. The summed E-state index contributed by atoms with van der Waals surface area (Å²) in [5, 5.41) is 13.0. The Hall–Kier alpha value is -2.34. The molecule has 0 atom stereocenters. The normalized spacial score (nSPS) is 11.7. The Morgan fingerprint density at radius 2 is 1.86 bits per heavy atom. The summed E-state index contributed by atoms with van der Waals surface area (Å²) in [6.45, 7) is 3.77. The average Bonchev–Trinajstić information content (AvgIpc) is 2.41. The first-order valence-corrected chi connectivity index (χ1v) is 7.78. The quantitative estimate of drug-likeness (QED) is 0.672. The highest BCUT2D eigenvalue weighted by Gasteiger charge is 2.13. The maximum atomic E-state index is 12.1. The van der Waals surface area contributed by atoms with Crippen molar-refractivity contribution < 1.29 is 13.5 Å². The van der Waals surface area contributed by atoms with Crippen molar-refractivity contribution in [2.75, 3.05) is 0 Å². The number of aromatic hydroxyl groups is 1. The molecule has 0 aliphatic carbocycles. The van der Waals surface area contributed by atoms with Crippen LogP contribution in [0.15, 0.2) is 52.5 Å². The minimum absolute atomic E-state index is 0.0935. The van der Waals surface area contributed by atoms with Gasteiger partial charge in [0, 0.05) is 0 Å². The Labute approximate surface area is 124 Å². The van der Waals surface area contributed by atoms with Gasteiger partial charge < -0.3 is 5.11 Å². The molecule has 0 radical (unpaired) electrons. The fourth-order valence-electron chi connectivity index (χ4n) is 1.71. The molecule has 5 nitrogen and oxygen atoms in total. The van der Waals surface area contributed by atoms with E-state index in [9.17, 15) is 13.5 Å². The van der Waals surface area contributed by atoms with E-state index in [1.807, 2.05) is 13.8 Å². The van der Waals surface area contributed by atoms with Gasteiger partial charge in [0.2, 0.25) is 0 Å². The monoisotopic (exact) mass is 304 g/mol. The van der Waals surface area contributed by atoms with Crippen LogP contribution in [0.4, 0.5) is 0 Å². The Balaban J connectivity index is 2.16. The molecular formula is C15H16N2O3S. The standard InChI is InChI=1S/C15H16N2O3S/c1-11-6-7-15(8-12(11)2)21(19,20)17-16-10-13-4-3-5-14(18)9-13/h3-10,17-18H,1-2H3/b16-10+. The maximum absolute atomic E-state index is 12.1. The van der Waals surface area contributed by atoms with E-state index in [1.54, 1.807) is 24.3 Å². The van der Waals surface area contributed by atoms with Crippen LogP contribution in [0, 0.1) is 13.8 Å². The molecule has 0 saturated carbocycles. The number of benzene rings is 2. The molecule has 2 rings (SSSR count). The lowest BCUT2D eigenvalue weighted by atomic mass is 10.1. The molecule has 21 heavy (non-hydrogen) atoms.